The van der Waals surface area contributed by atoms with Crippen LogP contribution in [0.15, 0.2) is 18.3 Å². The van der Waals surface area contributed by atoms with Gasteiger partial charge in [0.15, 0.2) is 0 Å². The van der Waals surface area contributed by atoms with Crippen LogP contribution in [0, 0.1) is 0 Å². The Balaban J connectivity index is 1.54. The van der Waals surface area contributed by atoms with Crippen molar-refractivity contribution in [3.63, 3.8) is 0 Å². The number of sulfonamides is 1. The number of hydrogen-bond donors (Lipinski definition) is 0. The van der Waals surface area contributed by atoms with Crippen molar-refractivity contribution in [2.24, 2.45) is 0 Å². The number of rotatable bonds is 4. The van der Waals surface area contributed by atoms with E-state index in [1.807, 2.05) is 0 Å². The zero-order chi connectivity index (χ0) is 15.4. The fourth-order valence-corrected chi connectivity index (χ4v) is 5.37. The van der Waals surface area contributed by atoms with E-state index in [0.717, 1.165) is 25.7 Å². The lowest BCUT2D eigenvalue weighted by atomic mass is 10.0. The summed E-state index contributed by atoms with van der Waals surface area (Å²) in [4.78, 5) is 0. The Morgan fingerprint density at radius 1 is 1.09 bits per heavy atom. The molecule has 122 valence electrons. The van der Waals surface area contributed by atoms with Gasteiger partial charge in [0.2, 0.25) is 15.9 Å². The largest absolute Gasteiger partial charge is 0.473 e. The van der Waals surface area contributed by atoms with Crippen LogP contribution >= 0.6 is 0 Å². The van der Waals surface area contributed by atoms with Crippen LogP contribution in [0.2, 0.25) is 0 Å². The van der Waals surface area contributed by atoms with E-state index >= 15 is 0 Å². The molecule has 3 rings (SSSR count). The van der Waals surface area contributed by atoms with E-state index < -0.39 is 10.0 Å². The smallest absolute Gasteiger partial charge is 0.233 e. The second kappa shape index (κ2) is 6.91. The molecule has 0 atom stereocenters. The van der Waals surface area contributed by atoms with Gasteiger partial charge in [-0.05, 0) is 31.7 Å². The third-order valence-corrected chi connectivity index (χ3v) is 6.97. The average molecular weight is 325 g/mol. The SMILES string of the molecule is O=S(=O)(C1CCCCC1)N1CCC(Oc2cccnn2)CC1. The van der Waals surface area contributed by atoms with Crippen molar-refractivity contribution >= 4 is 10.0 Å². The Bertz CT molecular complexity index is 565. The quantitative estimate of drug-likeness (QED) is 0.846. The van der Waals surface area contributed by atoms with Gasteiger partial charge in [0.25, 0.3) is 0 Å². The summed E-state index contributed by atoms with van der Waals surface area (Å²) >= 11 is 0. The van der Waals surface area contributed by atoms with Crippen molar-refractivity contribution < 1.29 is 13.2 Å². The monoisotopic (exact) mass is 325 g/mol. The fraction of sp³-hybridized carbons (Fsp3) is 0.733. The van der Waals surface area contributed by atoms with Crippen molar-refractivity contribution in [1.29, 1.82) is 0 Å². The van der Waals surface area contributed by atoms with Crippen LogP contribution < -0.4 is 4.74 Å². The lowest BCUT2D eigenvalue weighted by molar-refractivity contribution is 0.128. The molecule has 0 aromatic carbocycles. The van der Waals surface area contributed by atoms with E-state index in [4.69, 9.17) is 4.74 Å². The van der Waals surface area contributed by atoms with Crippen LogP contribution in [0.1, 0.15) is 44.9 Å². The third kappa shape index (κ3) is 3.57. The molecule has 0 spiro atoms. The summed E-state index contributed by atoms with van der Waals surface area (Å²) in [6.45, 7) is 1.09. The molecule has 0 radical (unpaired) electrons. The van der Waals surface area contributed by atoms with Crippen LogP contribution in [0.5, 0.6) is 5.88 Å². The zero-order valence-electron chi connectivity index (χ0n) is 12.7. The van der Waals surface area contributed by atoms with Gasteiger partial charge in [-0.15, -0.1) is 5.10 Å². The molecule has 1 saturated carbocycles. The Morgan fingerprint density at radius 2 is 1.82 bits per heavy atom. The number of hydrogen-bond acceptors (Lipinski definition) is 5. The van der Waals surface area contributed by atoms with Gasteiger partial charge in [0.05, 0.1) is 5.25 Å². The first-order chi connectivity index (χ1) is 10.7. The Kier molecular flexibility index (Phi) is 4.93. The summed E-state index contributed by atoms with van der Waals surface area (Å²) in [5.74, 6) is 0.510. The third-order valence-electron chi connectivity index (χ3n) is 4.57. The topological polar surface area (TPSA) is 72.4 Å². The van der Waals surface area contributed by atoms with Gasteiger partial charge in [-0.2, -0.15) is 5.10 Å². The first kappa shape index (κ1) is 15.7. The molecule has 2 heterocycles. The molecule has 2 aliphatic rings. The molecule has 0 N–H and O–H groups in total. The molecule has 7 heteroatoms. The Hall–Kier alpha value is -1.21. The predicted molar refractivity (Wildman–Crippen MR) is 83.0 cm³/mol. The minimum Gasteiger partial charge on any atom is -0.473 e. The molecule has 1 aromatic heterocycles. The van der Waals surface area contributed by atoms with Crippen molar-refractivity contribution in [3.05, 3.63) is 18.3 Å². The minimum atomic E-state index is -3.13. The molecule has 2 fully saturated rings. The van der Waals surface area contributed by atoms with Gasteiger partial charge in [-0.3, -0.25) is 0 Å². The fourth-order valence-electron chi connectivity index (χ4n) is 3.30. The van der Waals surface area contributed by atoms with Gasteiger partial charge in [-0.25, -0.2) is 12.7 Å². The van der Waals surface area contributed by atoms with Crippen LogP contribution in [0.25, 0.3) is 0 Å². The van der Waals surface area contributed by atoms with Crippen LogP contribution in [-0.2, 0) is 10.0 Å². The van der Waals surface area contributed by atoms with Crippen molar-refractivity contribution in [2.45, 2.75) is 56.3 Å². The first-order valence-electron chi connectivity index (χ1n) is 8.09. The molecule has 6 nitrogen and oxygen atoms in total. The van der Waals surface area contributed by atoms with Gasteiger partial charge >= 0.3 is 0 Å². The number of ether oxygens (including phenoxy) is 1. The predicted octanol–water partition coefficient (Wildman–Crippen LogP) is 1.98. The van der Waals surface area contributed by atoms with E-state index in [2.05, 4.69) is 10.2 Å². The van der Waals surface area contributed by atoms with Crippen LogP contribution in [-0.4, -0.2) is 47.4 Å². The number of piperidine rings is 1. The molecular weight excluding hydrogens is 302 g/mol. The lowest BCUT2D eigenvalue weighted by Crippen LogP contribution is -2.46. The highest BCUT2D eigenvalue weighted by Gasteiger charge is 2.35. The summed E-state index contributed by atoms with van der Waals surface area (Å²) in [6, 6.07) is 3.56. The average Bonchev–Trinajstić information content (AvgIpc) is 2.57. The van der Waals surface area contributed by atoms with Crippen molar-refractivity contribution in [3.8, 4) is 5.88 Å². The second-order valence-corrected chi connectivity index (χ2v) is 8.30. The van der Waals surface area contributed by atoms with Gasteiger partial charge in [-0.1, -0.05) is 19.3 Å². The summed E-state index contributed by atoms with van der Waals surface area (Å²) in [6.07, 6.45) is 7.93. The highest BCUT2D eigenvalue weighted by Crippen LogP contribution is 2.28. The molecule has 1 saturated heterocycles. The van der Waals surface area contributed by atoms with Gasteiger partial charge < -0.3 is 4.74 Å². The van der Waals surface area contributed by atoms with E-state index in [0.29, 0.717) is 31.8 Å². The molecule has 0 unspecified atom stereocenters. The molecule has 1 aromatic rings. The standard InChI is InChI=1S/C15H23N3O3S/c19-22(20,14-5-2-1-3-6-14)18-11-8-13(9-12-18)21-15-7-4-10-16-17-15/h4,7,10,13-14H,1-3,5-6,8-9,11-12H2. The maximum absolute atomic E-state index is 12.7. The van der Waals surface area contributed by atoms with Crippen LogP contribution in [0.3, 0.4) is 0 Å². The normalized spacial score (nSPS) is 22.5. The molecule has 22 heavy (non-hydrogen) atoms. The van der Waals surface area contributed by atoms with E-state index in [1.54, 1.807) is 22.6 Å². The maximum atomic E-state index is 12.7. The molecule has 0 bridgehead atoms. The molecular formula is C15H23N3O3S. The second-order valence-electron chi connectivity index (χ2n) is 6.08. The van der Waals surface area contributed by atoms with Crippen molar-refractivity contribution in [1.82, 2.24) is 14.5 Å². The molecule has 1 aliphatic carbocycles. The Labute approximate surface area is 131 Å². The summed E-state index contributed by atoms with van der Waals surface area (Å²) in [7, 11) is -3.13. The highest BCUT2D eigenvalue weighted by molar-refractivity contribution is 7.89. The van der Waals surface area contributed by atoms with E-state index in [9.17, 15) is 8.42 Å². The zero-order valence-corrected chi connectivity index (χ0v) is 13.5. The summed E-state index contributed by atoms with van der Waals surface area (Å²) in [5.41, 5.74) is 0. The van der Waals surface area contributed by atoms with E-state index in [-0.39, 0.29) is 11.4 Å². The summed E-state index contributed by atoms with van der Waals surface area (Å²) < 4.78 is 32.8. The summed E-state index contributed by atoms with van der Waals surface area (Å²) in [5, 5.41) is 7.53. The van der Waals surface area contributed by atoms with Gasteiger partial charge in [0, 0.05) is 25.4 Å². The Morgan fingerprint density at radius 3 is 2.45 bits per heavy atom. The van der Waals surface area contributed by atoms with E-state index in [1.165, 1.54) is 6.42 Å². The molecule has 0 amide bonds. The highest BCUT2D eigenvalue weighted by atomic mass is 32.2. The lowest BCUT2D eigenvalue weighted by Gasteiger charge is -2.34. The number of nitrogens with zero attached hydrogens (tertiary/aromatic N) is 3. The minimum absolute atomic E-state index is 0.0227. The maximum Gasteiger partial charge on any atom is 0.233 e. The number of aromatic nitrogens is 2. The van der Waals surface area contributed by atoms with Gasteiger partial charge in [0.1, 0.15) is 6.10 Å². The van der Waals surface area contributed by atoms with Crippen LogP contribution in [0.4, 0.5) is 0 Å². The first-order valence-corrected chi connectivity index (χ1v) is 9.60. The van der Waals surface area contributed by atoms with Crippen molar-refractivity contribution in [2.75, 3.05) is 13.1 Å². The molecule has 1 aliphatic heterocycles.